The number of aryl methyl sites for hydroxylation is 1. The third-order valence-electron chi connectivity index (χ3n) is 9.07. The molecule has 0 N–H and O–H groups in total. The van der Waals surface area contributed by atoms with Crippen molar-refractivity contribution in [1.29, 1.82) is 0 Å². The predicted octanol–water partition coefficient (Wildman–Crippen LogP) is 12.2. The molecule has 0 saturated carbocycles. The SMILES string of the molecule is Cc1ccccc1-c1ccc(C2=C(N(c3ccc(C4=CCC(C)C=C4)cc3)c3ccc(-c4ccccc4)cc3)CCC=C2)cc1. The van der Waals surface area contributed by atoms with E-state index in [4.69, 9.17) is 0 Å². The molecule has 1 nitrogen and oxygen atoms in total. The Morgan fingerprint density at radius 3 is 1.84 bits per heavy atom. The molecule has 2 aliphatic carbocycles. The monoisotopic (exact) mass is 581 g/mol. The van der Waals surface area contributed by atoms with Gasteiger partial charge in [-0.2, -0.15) is 0 Å². The van der Waals surface area contributed by atoms with Gasteiger partial charge < -0.3 is 4.90 Å². The van der Waals surface area contributed by atoms with Gasteiger partial charge in [-0.1, -0.05) is 140 Å². The van der Waals surface area contributed by atoms with Crippen molar-refractivity contribution in [3.8, 4) is 22.3 Å². The van der Waals surface area contributed by atoms with E-state index in [-0.39, 0.29) is 0 Å². The van der Waals surface area contributed by atoms with Crippen LogP contribution in [0.25, 0.3) is 33.4 Å². The van der Waals surface area contributed by atoms with Crippen molar-refractivity contribution in [1.82, 2.24) is 0 Å². The highest BCUT2D eigenvalue weighted by Gasteiger charge is 2.21. The van der Waals surface area contributed by atoms with Gasteiger partial charge in [-0.05, 0) is 101 Å². The lowest BCUT2D eigenvalue weighted by Crippen LogP contribution is -2.19. The van der Waals surface area contributed by atoms with Crippen LogP contribution in [0.1, 0.15) is 42.9 Å². The summed E-state index contributed by atoms with van der Waals surface area (Å²) >= 11 is 0. The van der Waals surface area contributed by atoms with Crippen LogP contribution < -0.4 is 4.90 Å². The summed E-state index contributed by atoms with van der Waals surface area (Å²) in [4.78, 5) is 2.47. The van der Waals surface area contributed by atoms with Crippen LogP contribution in [0.15, 0.2) is 163 Å². The number of hydrogen-bond acceptors (Lipinski definition) is 1. The average Bonchev–Trinajstić information content (AvgIpc) is 3.10. The molecule has 0 spiro atoms. The molecule has 0 aliphatic heterocycles. The summed E-state index contributed by atoms with van der Waals surface area (Å²) in [6.07, 6.45) is 14.7. The molecule has 5 aromatic carbocycles. The van der Waals surface area contributed by atoms with Gasteiger partial charge in [0.1, 0.15) is 0 Å². The summed E-state index contributed by atoms with van der Waals surface area (Å²) in [5, 5.41) is 0. The Labute approximate surface area is 268 Å². The van der Waals surface area contributed by atoms with Crippen molar-refractivity contribution >= 4 is 22.5 Å². The highest BCUT2D eigenvalue weighted by molar-refractivity contribution is 5.86. The third-order valence-corrected chi connectivity index (χ3v) is 9.07. The lowest BCUT2D eigenvalue weighted by Gasteiger charge is -2.32. The summed E-state index contributed by atoms with van der Waals surface area (Å²) in [5.41, 5.74) is 15.1. The number of rotatable bonds is 7. The molecule has 0 saturated heterocycles. The van der Waals surface area contributed by atoms with Crippen LogP contribution in [-0.2, 0) is 0 Å². The van der Waals surface area contributed by atoms with Gasteiger partial charge in [0.15, 0.2) is 0 Å². The van der Waals surface area contributed by atoms with Crippen LogP contribution in [0.2, 0.25) is 0 Å². The van der Waals surface area contributed by atoms with E-state index >= 15 is 0 Å². The molecule has 7 rings (SSSR count). The minimum Gasteiger partial charge on any atom is -0.314 e. The molecule has 5 aromatic rings. The average molecular weight is 582 g/mol. The highest BCUT2D eigenvalue weighted by atomic mass is 15.1. The summed E-state index contributed by atoms with van der Waals surface area (Å²) in [6.45, 7) is 4.45. The Bertz CT molecular complexity index is 1900. The van der Waals surface area contributed by atoms with Crippen LogP contribution in [0, 0.1) is 12.8 Å². The molecule has 0 heterocycles. The van der Waals surface area contributed by atoms with Gasteiger partial charge in [-0.15, -0.1) is 0 Å². The van der Waals surface area contributed by atoms with Crippen LogP contribution in [0.5, 0.6) is 0 Å². The van der Waals surface area contributed by atoms with Crippen molar-refractivity contribution in [3.63, 3.8) is 0 Å². The van der Waals surface area contributed by atoms with E-state index < -0.39 is 0 Å². The molecule has 45 heavy (non-hydrogen) atoms. The molecule has 0 fully saturated rings. The zero-order valence-corrected chi connectivity index (χ0v) is 26.2. The fourth-order valence-electron chi connectivity index (χ4n) is 6.51. The molecule has 0 radical (unpaired) electrons. The van der Waals surface area contributed by atoms with E-state index in [2.05, 4.69) is 177 Å². The van der Waals surface area contributed by atoms with Crippen molar-refractivity contribution in [2.75, 3.05) is 4.90 Å². The summed E-state index contributed by atoms with van der Waals surface area (Å²) in [7, 11) is 0. The Kier molecular flexibility index (Phi) is 8.17. The summed E-state index contributed by atoms with van der Waals surface area (Å²) < 4.78 is 0. The van der Waals surface area contributed by atoms with Gasteiger partial charge in [-0.3, -0.25) is 0 Å². The third kappa shape index (κ3) is 6.12. The zero-order valence-electron chi connectivity index (χ0n) is 26.2. The van der Waals surface area contributed by atoms with Gasteiger partial charge in [0.25, 0.3) is 0 Å². The first-order chi connectivity index (χ1) is 22.1. The number of hydrogen-bond donors (Lipinski definition) is 0. The Morgan fingerprint density at radius 1 is 0.578 bits per heavy atom. The smallest absolute Gasteiger partial charge is 0.0459 e. The largest absolute Gasteiger partial charge is 0.314 e. The maximum absolute atomic E-state index is 2.47. The van der Waals surface area contributed by atoms with Crippen molar-refractivity contribution in [3.05, 3.63) is 180 Å². The van der Waals surface area contributed by atoms with Crippen LogP contribution >= 0.6 is 0 Å². The van der Waals surface area contributed by atoms with Crippen LogP contribution in [0.3, 0.4) is 0 Å². The van der Waals surface area contributed by atoms with Gasteiger partial charge in [0.2, 0.25) is 0 Å². The fourth-order valence-corrected chi connectivity index (χ4v) is 6.51. The van der Waals surface area contributed by atoms with Gasteiger partial charge >= 0.3 is 0 Å². The maximum atomic E-state index is 2.47. The minimum absolute atomic E-state index is 0.609. The topological polar surface area (TPSA) is 3.24 Å². The first kappa shape index (κ1) is 28.6. The molecule has 0 aromatic heterocycles. The van der Waals surface area contributed by atoms with Gasteiger partial charge in [0.05, 0.1) is 0 Å². The van der Waals surface area contributed by atoms with Crippen molar-refractivity contribution in [2.45, 2.75) is 33.1 Å². The molecule has 220 valence electrons. The number of nitrogens with zero attached hydrogens (tertiary/aromatic N) is 1. The van der Waals surface area contributed by atoms with Crippen molar-refractivity contribution in [2.24, 2.45) is 5.92 Å². The minimum atomic E-state index is 0.609. The highest BCUT2D eigenvalue weighted by Crippen LogP contribution is 2.40. The number of anilines is 2. The standard InChI is InChI=1S/C44H39N/c1-32-16-18-35(19-17-32)37-26-30-41(31-27-37)45(40-28-24-36(25-29-40)34-11-4-3-5-12-34)44-15-9-8-14-43(44)39-22-20-38(21-23-39)42-13-7-6-10-33(42)2/h3-8,10-14,16,18-32H,9,15,17H2,1-2H3. The maximum Gasteiger partial charge on any atom is 0.0459 e. The first-order valence-electron chi connectivity index (χ1n) is 16.1. The zero-order chi connectivity index (χ0) is 30.6. The van der Waals surface area contributed by atoms with Gasteiger partial charge in [-0.25, -0.2) is 0 Å². The normalized spacial score (nSPS) is 16.0. The second kappa shape index (κ2) is 12.8. The van der Waals surface area contributed by atoms with Crippen LogP contribution in [-0.4, -0.2) is 0 Å². The lowest BCUT2D eigenvalue weighted by molar-refractivity contribution is 0.739. The molecular weight excluding hydrogens is 542 g/mol. The Balaban J connectivity index is 1.30. The number of benzene rings is 5. The molecular formula is C44H39N. The van der Waals surface area contributed by atoms with E-state index in [1.54, 1.807) is 0 Å². The van der Waals surface area contributed by atoms with Crippen LogP contribution in [0.4, 0.5) is 11.4 Å². The molecule has 0 bridgehead atoms. The lowest BCUT2D eigenvalue weighted by atomic mass is 9.92. The molecule has 1 unspecified atom stereocenters. The first-order valence-corrected chi connectivity index (χ1v) is 16.1. The second-order valence-corrected chi connectivity index (χ2v) is 12.2. The second-order valence-electron chi connectivity index (χ2n) is 12.2. The quantitative estimate of drug-likeness (QED) is 0.185. The van der Waals surface area contributed by atoms with E-state index in [0.29, 0.717) is 5.92 Å². The van der Waals surface area contributed by atoms with Gasteiger partial charge in [0, 0.05) is 22.6 Å². The number of allylic oxidation sites excluding steroid dienone is 8. The summed E-state index contributed by atoms with van der Waals surface area (Å²) in [5.74, 6) is 0.609. The van der Waals surface area contributed by atoms with E-state index in [9.17, 15) is 0 Å². The predicted molar refractivity (Wildman–Crippen MR) is 193 cm³/mol. The molecule has 0 amide bonds. The Morgan fingerprint density at radius 2 is 1.18 bits per heavy atom. The van der Waals surface area contributed by atoms with Crippen molar-refractivity contribution < 1.29 is 0 Å². The van der Waals surface area contributed by atoms with E-state index in [1.807, 2.05) is 0 Å². The Hall–Kier alpha value is -5.14. The molecule has 1 atom stereocenters. The van der Waals surface area contributed by atoms with E-state index in [0.717, 1.165) is 19.3 Å². The molecule has 1 heteroatoms. The molecule has 2 aliphatic rings. The fraction of sp³-hybridized carbons (Fsp3) is 0.136. The van der Waals surface area contributed by atoms with E-state index in [1.165, 1.54) is 67.2 Å². The summed E-state index contributed by atoms with van der Waals surface area (Å²) in [6, 6.07) is 46.5.